The molecule has 2 aromatic heterocycles. The molecule has 2 fully saturated rings. The van der Waals surface area contributed by atoms with E-state index in [1.165, 1.54) is 0 Å². The lowest BCUT2D eigenvalue weighted by Gasteiger charge is -2.34. The van der Waals surface area contributed by atoms with Gasteiger partial charge in [-0.05, 0) is 50.9 Å². The molecule has 0 amide bonds. The Kier molecular flexibility index (Phi) is 7.74. The third-order valence-electron chi connectivity index (χ3n) is 7.63. The summed E-state index contributed by atoms with van der Waals surface area (Å²) in [4.78, 5) is 11.1. The molecule has 12 nitrogen and oxygen atoms in total. The summed E-state index contributed by atoms with van der Waals surface area (Å²) >= 11 is 0. The van der Waals surface area contributed by atoms with Gasteiger partial charge in [-0.1, -0.05) is 13.0 Å². The van der Waals surface area contributed by atoms with Gasteiger partial charge < -0.3 is 14.2 Å². The predicted octanol–water partition coefficient (Wildman–Crippen LogP) is 2.85. The van der Waals surface area contributed by atoms with Crippen LogP contribution in [0.4, 0.5) is 5.95 Å². The summed E-state index contributed by atoms with van der Waals surface area (Å²) in [6.07, 6.45) is 5.16. The summed E-state index contributed by atoms with van der Waals surface area (Å²) in [5.74, 6) is 1.39. The van der Waals surface area contributed by atoms with Gasteiger partial charge in [0, 0.05) is 30.9 Å². The van der Waals surface area contributed by atoms with Gasteiger partial charge in [-0.15, -0.1) is 10.2 Å². The number of anilines is 1. The SMILES string of the molecule is COc1cccc(OC)c1-n1c(NS(=O)(=O)C(C)C(C)c2ncc(C)cn2)nnc1[C@@H]1CN2CCC[C@@H]2CO1. The van der Waals surface area contributed by atoms with Crippen LogP contribution in [0, 0.1) is 6.92 Å². The van der Waals surface area contributed by atoms with Gasteiger partial charge in [0.15, 0.2) is 5.82 Å². The fraction of sp³-hybridized carbons (Fsp3) is 0.538. The van der Waals surface area contributed by atoms with Crippen LogP contribution in [0.2, 0.25) is 0 Å². The quantitative estimate of drug-likeness (QED) is 0.419. The first-order valence-corrected chi connectivity index (χ1v) is 14.6. The number of hydrogen-bond donors (Lipinski definition) is 1. The summed E-state index contributed by atoms with van der Waals surface area (Å²) in [5, 5.41) is 7.86. The average molecular weight is 558 g/mol. The summed E-state index contributed by atoms with van der Waals surface area (Å²) in [7, 11) is -0.868. The molecule has 2 aliphatic rings. The molecule has 210 valence electrons. The maximum atomic E-state index is 13.7. The molecule has 4 heterocycles. The van der Waals surface area contributed by atoms with E-state index in [1.807, 2.05) is 6.92 Å². The van der Waals surface area contributed by atoms with E-state index in [1.54, 1.807) is 63.2 Å². The van der Waals surface area contributed by atoms with Crippen molar-refractivity contribution in [2.45, 2.75) is 56.9 Å². The molecule has 1 aromatic carbocycles. The molecular weight excluding hydrogens is 522 g/mol. The molecule has 2 aliphatic heterocycles. The van der Waals surface area contributed by atoms with Gasteiger partial charge in [-0.2, -0.15) is 0 Å². The van der Waals surface area contributed by atoms with Crippen LogP contribution >= 0.6 is 0 Å². The predicted molar refractivity (Wildman–Crippen MR) is 145 cm³/mol. The lowest BCUT2D eigenvalue weighted by Crippen LogP contribution is -2.43. The van der Waals surface area contributed by atoms with Crippen molar-refractivity contribution in [2.75, 3.05) is 38.6 Å². The minimum atomic E-state index is -3.96. The van der Waals surface area contributed by atoms with E-state index in [4.69, 9.17) is 14.2 Å². The molecule has 0 aliphatic carbocycles. The highest BCUT2D eigenvalue weighted by atomic mass is 32.2. The number of fused-ring (bicyclic) bond motifs is 1. The third kappa shape index (κ3) is 5.30. The fourth-order valence-electron chi connectivity index (χ4n) is 5.15. The first-order valence-electron chi connectivity index (χ1n) is 13.1. The molecule has 2 unspecified atom stereocenters. The molecule has 1 N–H and O–H groups in total. The van der Waals surface area contributed by atoms with E-state index in [2.05, 4.69) is 29.8 Å². The Hall–Kier alpha value is -3.29. The van der Waals surface area contributed by atoms with Crippen molar-refractivity contribution in [2.24, 2.45) is 0 Å². The zero-order valence-electron chi connectivity index (χ0n) is 22.9. The van der Waals surface area contributed by atoms with Gasteiger partial charge in [0.1, 0.15) is 29.1 Å². The highest BCUT2D eigenvalue weighted by molar-refractivity contribution is 7.93. The number of aryl methyl sites for hydroxylation is 1. The number of nitrogens with zero attached hydrogens (tertiary/aromatic N) is 6. The first-order chi connectivity index (χ1) is 18.7. The van der Waals surface area contributed by atoms with E-state index >= 15 is 0 Å². The van der Waals surface area contributed by atoms with Crippen LogP contribution in [0.15, 0.2) is 30.6 Å². The zero-order valence-corrected chi connectivity index (χ0v) is 23.7. The van der Waals surface area contributed by atoms with Gasteiger partial charge in [0.2, 0.25) is 16.0 Å². The fourth-order valence-corrected chi connectivity index (χ4v) is 6.39. The van der Waals surface area contributed by atoms with E-state index in [9.17, 15) is 8.42 Å². The summed E-state index contributed by atoms with van der Waals surface area (Å²) in [6, 6.07) is 5.74. The Morgan fingerprint density at radius 1 is 1.10 bits per heavy atom. The zero-order chi connectivity index (χ0) is 27.7. The number of morpholine rings is 1. The number of ether oxygens (including phenoxy) is 3. The molecule has 13 heteroatoms. The normalized spacial score (nSPS) is 21.3. The molecule has 0 spiro atoms. The summed E-state index contributed by atoms with van der Waals surface area (Å²) < 4.78 is 49.2. The van der Waals surface area contributed by atoms with E-state index in [0.717, 1.165) is 24.9 Å². The topological polar surface area (TPSA) is 134 Å². The van der Waals surface area contributed by atoms with Gasteiger partial charge in [-0.3, -0.25) is 14.2 Å². The molecule has 3 aromatic rings. The smallest absolute Gasteiger partial charge is 0.243 e. The monoisotopic (exact) mass is 557 g/mol. The van der Waals surface area contributed by atoms with Crippen molar-refractivity contribution in [3.05, 3.63) is 47.8 Å². The van der Waals surface area contributed by atoms with Crippen LogP contribution in [0.25, 0.3) is 5.69 Å². The van der Waals surface area contributed by atoms with Crippen molar-refractivity contribution >= 4 is 16.0 Å². The van der Waals surface area contributed by atoms with Crippen LogP contribution in [-0.2, 0) is 14.8 Å². The van der Waals surface area contributed by atoms with E-state index in [-0.39, 0.29) is 5.95 Å². The number of rotatable bonds is 9. The number of benzene rings is 1. The minimum Gasteiger partial charge on any atom is -0.494 e. The van der Waals surface area contributed by atoms with Gasteiger partial charge in [0.05, 0.1) is 26.1 Å². The lowest BCUT2D eigenvalue weighted by atomic mass is 10.1. The van der Waals surface area contributed by atoms with E-state index < -0.39 is 27.3 Å². The molecule has 2 saturated heterocycles. The van der Waals surface area contributed by atoms with Crippen molar-refractivity contribution in [3.8, 4) is 17.2 Å². The summed E-state index contributed by atoms with van der Waals surface area (Å²) in [5.41, 5.74) is 1.38. The average Bonchev–Trinajstić information content (AvgIpc) is 3.58. The van der Waals surface area contributed by atoms with Crippen molar-refractivity contribution < 1.29 is 22.6 Å². The Labute approximate surface area is 228 Å². The highest BCUT2D eigenvalue weighted by Gasteiger charge is 2.38. The maximum Gasteiger partial charge on any atom is 0.243 e. The van der Waals surface area contributed by atoms with Gasteiger partial charge >= 0.3 is 0 Å². The Balaban J connectivity index is 1.54. The van der Waals surface area contributed by atoms with Crippen LogP contribution < -0.4 is 14.2 Å². The second-order valence-corrected chi connectivity index (χ2v) is 12.1. The van der Waals surface area contributed by atoms with Gasteiger partial charge in [0.25, 0.3) is 0 Å². The van der Waals surface area contributed by atoms with E-state index in [0.29, 0.717) is 48.0 Å². The number of para-hydroxylation sites is 1. The molecule has 4 atom stereocenters. The molecule has 5 rings (SSSR count). The first kappa shape index (κ1) is 27.3. The highest BCUT2D eigenvalue weighted by Crippen LogP contribution is 2.39. The Bertz CT molecular complexity index is 1390. The number of nitrogens with one attached hydrogen (secondary N) is 1. The third-order valence-corrected chi connectivity index (χ3v) is 9.48. The van der Waals surface area contributed by atoms with Gasteiger partial charge in [-0.25, -0.2) is 18.4 Å². The maximum absolute atomic E-state index is 13.7. The largest absolute Gasteiger partial charge is 0.494 e. The van der Waals surface area contributed by atoms with Crippen molar-refractivity contribution in [3.63, 3.8) is 0 Å². The lowest BCUT2D eigenvalue weighted by molar-refractivity contribution is -0.0548. The van der Waals surface area contributed by atoms with Crippen molar-refractivity contribution in [1.82, 2.24) is 29.6 Å². The second kappa shape index (κ2) is 11.1. The minimum absolute atomic E-state index is 0.0174. The molecule has 39 heavy (non-hydrogen) atoms. The second-order valence-electron chi connectivity index (χ2n) is 10.1. The number of sulfonamides is 1. The number of hydrogen-bond acceptors (Lipinski definition) is 10. The summed E-state index contributed by atoms with van der Waals surface area (Å²) in [6.45, 7) is 7.49. The molecule has 0 radical (unpaired) electrons. The standard InChI is InChI=1S/C26H35N7O5S/c1-16-12-27-24(28-13-16)17(2)18(3)39(34,35)31-26-30-29-25(22-14-32-11-7-8-19(32)15-38-22)33(26)23-20(36-4)9-6-10-21(23)37-5/h6,9-10,12-13,17-19,22H,7-8,11,14-15H2,1-5H3,(H,30,31)/t17?,18?,19-,22+/m1/s1. The van der Waals surface area contributed by atoms with Crippen LogP contribution in [0.3, 0.4) is 0 Å². The molecule has 0 bridgehead atoms. The molecular formula is C26H35N7O5S. The Morgan fingerprint density at radius 2 is 1.79 bits per heavy atom. The molecule has 0 saturated carbocycles. The number of aromatic nitrogens is 5. The number of methoxy groups -OCH3 is 2. The Morgan fingerprint density at radius 3 is 2.46 bits per heavy atom. The van der Waals surface area contributed by atoms with Crippen LogP contribution in [0.5, 0.6) is 11.5 Å². The van der Waals surface area contributed by atoms with Crippen LogP contribution in [0.1, 0.15) is 55.9 Å². The van der Waals surface area contributed by atoms with Crippen LogP contribution in [-0.4, -0.2) is 83.3 Å². The van der Waals surface area contributed by atoms with Crippen molar-refractivity contribution in [1.29, 1.82) is 0 Å².